The lowest BCUT2D eigenvalue weighted by molar-refractivity contribution is 0.150. The molecule has 0 spiro atoms. The van der Waals surface area contributed by atoms with Gasteiger partial charge < -0.3 is 9.84 Å². The second-order valence-electron chi connectivity index (χ2n) is 5.25. The molecule has 0 heterocycles. The van der Waals surface area contributed by atoms with Crippen LogP contribution < -0.4 is 4.74 Å². The Hall–Kier alpha value is -0.730. The van der Waals surface area contributed by atoms with E-state index in [1.165, 1.54) is 5.56 Å². The highest BCUT2D eigenvalue weighted by Gasteiger charge is 2.41. The Bertz CT molecular complexity index is 422. The summed E-state index contributed by atoms with van der Waals surface area (Å²) < 4.78 is 5.34. The lowest BCUT2D eigenvalue weighted by atomic mass is 9.97. The predicted molar refractivity (Wildman–Crippen MR) is 70.0 cm³/mol. The number of hydrogen-bond donors (Lipinski definition) is 1. The van der Waals surface area contributed by atoms with E-state index in [1.807, 2.05) is 6.07 Å². The van der Waals surface area contributed by atoms with E-state index in [2.05, 4.69) is 19.9 Å². The maximum atomic E-state index is 10.0. The molecule has 0 saturated heterocycles. The summed E-state index contributed by atoms with van der Waals surface area (Å²) in [6, 6.07) is 4.05. The third-order valence-corrected chi connectivity index (χ3v) is 3.64. The summed E-state index contributed by atoms with van der Waals surface area (Å²) in [5, 5.41) is 10.7. The van der Waals surface area contributed by atoms with Gasteiger partial charge in [-0.15, -0.1) is 0 Å². The van der Waals surface area contributed by atoms with Crippen LogP contribution in [0.1, 0.15) is 43.7 Å². The van der Waals surface area contributed by atoms with Gasteiger partial charge in [-0.25, -0.2) is 0 Å². The van der Waals surface area contributed by atoms with Crippen LogP contribution in [0.2, 0.25) is 5.02 Å². The molecule has 2 nitrogen and oxygen atoms in total. The van der Waals surface area contributed by atoms with Crippen molar-refractivity contribution < 1.29 is 9.84 Å². The first-order chi connectivity index (χ1) is 7.95. The monoisotopic (exact) mass is 254 g/mol. The van der Waals surface area contributed by atoms with Gasteiger partial charge in [0.05, 0.1) is 17.7 Å². The number of hydrogen-bond acceptors (Lipinski definition) is 2. The van der Waals surface area contributed by atoms with Gasteiger partial charge in [-0.1, -0.05) is 31.5 Å². The zero-order valence-corrected chi connectivity index (χ0v) is 11.3. The van der Waals surface area contributed by atoms with Crippen molar-refractivity contribution >= 4 is 11.6 Å². The van der Waals surface area contributed by atoms with E-state index in [-0.39, 0.29) is 0 Å². The van der Waals surface area contributed by atoms with Crippen LogP contribution in [0.3, 0.4) is 0 Å². The summed E-state index contributed by atoms with van der Waals surface area (Å²) in [7, 11) is 1.62. The van der Waals surface area contributed by atoms with Crippen LogP contribution in [0.25, 0.3) is 0 Å². The fourth-order valence-corrected chi connectivity index (χ4v) is 2.37. The molecule has 0 unspecified atom stereocenters. The first-order valence-corrected chi connectivity index (χ1v) is 6.42. The highest BCUT2D eigenvalue weighted by Crippen LogP contribution is 2.42. The molecule has 1 aromatic carbocycles. The Kier molecular flexibility index (Phi) is 3.37. The van der Waals surface area contributed by atoms with E-state index in [0.717, 1.165) is 18.4 Å². The maximum Gasteiger partial charge on any atom is 0.140 e. The minimum atomic E-state index is -0.522. The predicted octanol–water partition coefficient (Wildman–Crippen LogP) is 3.54. The van der Waals surface area contributed by atoms with Crippen molar-refractivity contribution in [2.24, 2.45) is 0 Å². The number of rotatable bonds is 4. The minimum absolute atomic E-state index is 0.422. The molecule has 1 aliphatic rings. The number of methoxy groups -OCH3 is 1. The molecule has 0 bridgehead atoms. The Morgan fingerprint density at radius 3 is 2.53 bits per heavy atom. The van der Waals surface area contributed by atoms with E-state index in [1.54, 1.807) is 7.11 Å². The molecule has 0 aliphatic heterocycles. The molecule has 1 saturated carbocycles. The second kappa shape index (κ2) is 4.51. The van der Waals surface area contributed by atoms with Crippen molar-refractivity contribution in [2.45, 2.75) is 44.6 Å². The van der Waals surface area contributed by atoms with Crippen LogP contribution in [-0.2, 0) is 6.42 Å². The maximum absolute atomic E-state index is 10.0. The van der Waals surface area contributed by atoms with E-state index in [4.69, 9.17) is 16.3 Å². The van der Waals surface area contributed by atoms with Crippen molar-refractivity contribution in [3.63, 3.8) is 0 Å². The lowest BCUT2D eigenvalue weighted by Crippen LogP contribution is -2.12. The minimum Gasteiger partial charge on any atom is -0.495 e. The average molecular weight is 255 g/mol. The second-order valence-corrected chi connectivity index (χ2v) is 5.66. The van der Waals surface area contributed by atoms with Gasteiger partial charge in [0.25, 0.3) is 0 Å². The van der Waals surface area contributed by atoms with Crippen LogP contribution in [-0.4, -0.2) is 17.8 Å². The Balaban J connectivity index is 2.38. The Morgan fingerprint density at radius 2 is 2.06 bits per heavy atom. The average Bonchev–Trinajstić information content (AvgIpc) is 2.95. The molecule has 0 amide bonds. The van der Waals surface area contributed by atoms with Gasteiger partial charge in [-0.2, -0.15) is 0 Å². The van der Waals surface area contributed by atoms with Gasteiger partial charge in [-0.3, -0.25) is 0 Å². The molecule has 3 heteroatoms. The smallest absolute Gasteiger partial charge is 0.140 e. The van der Waals surface area contributed by atoms with E-state index in [0.29, 0.717) is 23.1 Å². The first kappa shape index (κ1) is 12.7. The molecule has 0 atom stereocenters. The number of aliphatic hydroxyl groups is 1. The molecule has 0 radical (unpaired) electrons. The van der Waals surface area contributed by atoms with Crippen LogP contribution in [0.15, 0.2) is 12.1 Å². The quantitative estimate of drug-likeness (QED) is 0.891. The molecule has 1 aliphatic carbocycles. The molecule has 1 aromatic rings. The largest absolute Gasteiger partial charge is 0.495 e. The number of benzene rings is 1. The van der Waals surface area contributed by atoms with Crippen LogP contribution in [0, 0.1) is 0 Å². The summed E-state index contributed by atoms with van der Waals surface area (Å²) in [5.41, 5.74) is 1.69. The van der Waals surface area contributed by atoms with Crippen molar-refractivity contribution in [3.8, 4) is 5.75 Å². The molecular formula is C14H19ClO2. The molecular weight excluding hydrogens is 236 g/mol. The van der Waals surface area contributed by atoms with Crippen molar-refractivity contribution in [2.75, 3.05) is 7.11 Å². The summed E-state index contributed by atoms with van der Waals surface area (Å²) >= 11 is 6.22. The normalized spacial score (nSPS) is 17.3. The third kappa shape index (κ3) is 2.75. The molecule has 1 fully saturated rings. The zero-order chi connectivity index (χ0) is 12.6. The molecule has 1 N–H and O–H groups in total. The molecule has 2 rings (SSSR count). The Labute approximate surface area is 108 Å². The van der Waals surface area contributed by atoms with Gasteiger partial charge >= 0.3 is 0 Å². The van der Waals surface area contributed by atoms with E-state index >= 15 is 0 Å². The lowest BCUT2D eigenvalue weighted by Gasteiger charge is -2.16. The van der Waals surface area contributed by atoms with Crippen LogP contribution >= 0.6 is 11.6 Å². The summed E-state index contributed by atoms with van der Waals surface area (Å²) in [4.78, 5) is 0. The first-order valence-electron chi connectivity index (χ1n) is 6.04. The standard InChI is InChI=1S/C14H19ClO2/c1-9(2)10-6-11(8-14(16)4-5-14)13(17-3)12(15)7-10/h6-7,9,16H,4-5,8H2,1-3H3. The number of ether oxygens (including phenoxy) is 1. The summed E-state index contributed by atoms with van der Waals surface area (Å²) in [6.45, 7) is 4.27. The highest BCUT2D eigenvalue weighted by molar-refractivity contribution is 6.32. The van der Waals surface area contributed by atoms with Gasteiger partial charge in [-0.05, 0) is 36.0 Å². The van der Waals surface area contributed by atoms with Crippen molar-refractivity contribution in [1.82, 2.24) is 0 Å². The fourth-order valence-electron chi connectivity index (χ4n) is 2.04. The summed E-state index contributed by atoms with van der Waals surface area (Å²) in [6.07, 6.45) is 2.38. The Morgan fingerprint density at radius 1 is 1.41 bits per heavy atom. The molecule has 0 aromatic heterocycles. The van der Waals surface area contributed by atoms with Gasteiger partial charge in [0.2, 0.25) is 0 Å². The molecule has 17 heavy (non-hydrogen) atoms. The topological polar surface area (TPSA) is 29.5 Å². The zero-order valence-electron chi connectivity index (χ0n) is 10.6. The summed E-state index contributed by atoms with van der Waals surface area (Å²) in [5.74, 6) is 1.13. The van der Waals surface area contributed by atoms with E-state index < -0.39 is 5.60 Å². The fraction of sp³-hybridized carbons (Fsp3) is 0.571. The SMILES string of the molecule is COc1c(Cl)cc(C(C)C)cc1CC1(O)CC1. The molecule has 94 valence electrons. The van der Waals surface area contributed by atoms with Crippen molar-refractivity contribution in [3.05, 3.63) is 28.3 Å². The number of halogens is 1. The van der Waals surface area contributed by atoms with E-state index in [9.17, 15) is 5.11 Å². The van der Waals surface area contributed by atoms with Gasteiger partial charge in [0.15, 0.2) is 0 Å². The van der Waals surface area contributed by atoms with Crippen molar-refractivity contribution in [1.29, 1.82) is 0 Å². The third-order valence-electron chi connectivity index (χ3n) is 3.36. The highest BCUT2D eigenvalue weighted by atomic mass is 35.5. The van der Waals surface area contributed by atoms with Gasteiger partial charge in [0.1, 0.15) is 5.75 Å². The van der Waals surface area contributed by atoms with Gasteiger partial charge in [0, 0.05) is 6.42 Å². The van der Waals surface area contributed by atoms with Crippen LogP contribution in [0.5, 0.6) is 5.75 Å². The van der Waals surface area contributed by atoms with Crippen LogP contribution in [0.4, 0.5) is 0 Å².